The average Bonchev–Trinajstić information content (AvgIpc) is 2.77. The number of hydrogen-bond acceptors (Lipinski definition) is 3. The lowest BCUT2D eigenvalue weighted by Gasteiger charge is -2.02. The topological polar surface area (TPSA) is 84.7 Å². The Balaban J connectivity index is 2.49. The second-order valence-corrected chi connectivity index (χ2v) is 4.26. The van der Waals surface area contributed by atoms with E-state index in [9.17, 15) is 4.79 Å². The number of halogens is 1. The molecule has 1 aromatic carbocycles. The van der Waals surface area contributed by atoms with Crippen molar-refractivity contribution in [1.29, 1.82) is 5.26 Å². The lowest BCUT2D eigenvalue weighted by Crippen LogP contribution is -2.09. The minimum absolute atomic E-state index is 0.323. The summed E-state index contributed by atoms with van der Waals surface area (Å²) in [6.07, 6.45) is 2.90. The van der Waals surface area contributed by atoms with Gasteiger partial charge in [-0.05, 0) is 18.2 Å². The van der Waals surface area contributed by atoms with Crippen molar-refractivity contribution in [3.63, 3.8) is 0 Å². The zero-order valence-electron chi connectivity index (χ0n) is 8.59. The first-order valence-corrected chi connectivity index (χ1v) is 5.45. The maximum atomic E-state index is 10.9. The highest BCUT2D eigenvalue weighted by atomic mass is 79.9. The molecule has 0 saturated heterocycles. The Bertz CT molecular complexity index is 627. The van der Waals surface area contributed by atoms with Gasteiger partial charge in [0.05, 0.1) is 29.1 Å². The van der Waals surface area contributed by atoms with Crippen molar-refractivity contribution in [3.05, 3.63) is 46.2 Å². The molecule has 2 aromatic rings. The number of nitriles is 1. The molecule has 1 amide bonds. The Kier molecular flexibility index (Phi) is 2.93. The standard InChI is InChI=1S/C11H7BrN4O/c12-9-1-7(4-13)2-10(3-9)16-6-8(5-15-16)11(14)17/h1-3,5-6H,(H2,14,17). The predicted molar refractivity (Wildman–Crippen MR) is 64.5 cm³/mol. The second kappa shape index (κ2) is 4.39. The van der Waals surface area contributed by atoms with E-state index in [0.29, 0.717) is 16.8 Å². The van der Waals surface area contributed by atoms with Crippen LogP contribution in [0, 0.1) is 11.3 Å². The van der Waals surface area contributed by atoms with Crippen LogP contribution in [0.4, 0.5) is 0 Å². The number of carbonyl (C=O) groups excluding carboxylic acids is 1. The van der Waals surface area contributed by atoms with E-state index >= 15 is 0 Å². The van der Waals surface area contributed by atoms with Gasteiger partial charge in [-0.15, -0.1) is 0 Å². The van der Waals surface area contributed by atoms with Crippen molar-refractivity contribution >= 4 is 21.8 Å². The molecular formula is C11H7BrN4O. The fourth-order valence-electron chi connectivity index (χ4n) is 1.36. The Morgan fingerprint density at radius 1 is 1.47 bits per heavy atom. The Morgan fingerprint density at radius 2 is 2.24 bits per heavy atom. The van der Waals surface area contributed by atoms with Crippen LogP contribution < -0.4 is 5.73 Å². The molecule has 2 rings (SSSR count). The van der Waals surface area contributed by atoms with Crippen molar-refractivity contribution in [2.24, 2.45) is 5.73 Å². The summed E-state index contributed by atoms with van der Waals surface area (Å²) >= 11 is 3.30. The first kappa shape index (κ1) is 11.4. The summed E-state index contributed by atoms with van der Waals surface area (Å²) in [6.45, 7) is 0. The first-order valence-electron chi connectivity index (χ1n) is 4.65. The molecule has 84 valence electrons. The third-order valence-corrected chi connectivity index (χ3v) is 2.60. The summed E-state index contributed by atoms with van der Waals surface area (Å²) in [5.41, 5.74) is 6.65. The van der Waals surface area contributed by atoms with Crippen molar-refractivity contribution in [3.8, 4) is 11.8 Å². The maximum absolute atomic E-state index is 10.9. The fourth-order valence-corrected chi connectivity index (χ4v) is 1.84. The molecule has 0 saturated carbocycles. The van der Waals surface area contributed by atoms with Crippen molar-refractivity contribution in [2.75, 3.05) is 0 Å². The third-order valence-electron chi connectivity index (χ3n) is 2.14. The van der Waals surface area contributed by atoms with E-state index in [4.69, 9.17) is 11.0 Å². The first-order chi connectivity index (χ1) is 8.10. The molecule has 0 spiro atoms. The molecule has 0 atom stereocenters. The Morgan fingerprint density at radius 3 is 2.82 bits per heavy atom. The van der Waals surface area contributed by atoms with E-state index in [-0.39, 0.29) is 0 Å². The predicted octanol–water partition coefficient (Wildman–Crippen LogP) is 1.61. The van der Waals surface area contributed by atoms with Gasteiger partial charge in [-0.1, -0.05) is 15.9 Å². The second-order valence-electron chi connectivity index (χ2n) is 3.35. The average molecular weight is 291 g/mol. The molecule has 0 radical (unpaired) electrons. The summed E-state index contributed by atoms with van der Waals surface area (Å²) in [5, 5.41) is 12.9. The molecule has 2 N–H and O–H groups in total. The van der Waals surface area contributed by atoms with E-state index in [1.54, 1.807) is 18.2 Å². The normalized spacial score (nSPS) is 9.88. The summed E-state index contributed by atoms with van der Waals surface area (Å²) in [5.74, 6) is -0.535. The van der Waals surface area contributed by atoms with Gasteiger partial charge in [-0.3, -0.25) is 4.79 Å². The molecule has 0 unspecified atom stereocenters. The Hall–Kier alpha value is -2.13. The molecule has 1 aromatic heterocycles. The van der Waals surface area contributed by atoms with Crippen LogP contribution in [0.2, 0.25) is 0 Å². The number of primary amides is 1. The number of aromatic nitrogens is 2. The summed E-state index contributed by atoms with van der Waals surface area (Å²) in [6, 6.07) is 7.20. The van der Waals surface area contributed by atoms with Crippen LogP contribution in [0.25, 0.3) is 5.69 Å². The third kappa shape index (κ3) is 2.34. The van der Waals surface area contributed by atoms with Crippen LogP contribution >= 0.6 is 15.9 Å². The molecule has 0 aliphatic carbocycles. The van der Waals surface area contributed by atoms with E-state index in [1.165, 1.54) is 17.1 Å². The molecule has 5 nitrogen and oxygen atoms in total. The van der Waals surface area contributed by atoms with Gasteiger partial charge in [0.1, 0.15) is 0 Å². The van der Waals surface area contributed by atoms with Crippen LogP contribution in [-0.2, 0) is 0 Å². The van der Waals surface area contributed by atoms with Crippen LogP contribution in [0.5, 0.6) is 0 Å². The number of amides is 1. The van der Waals surface area contributed by atoms with Crippen LogP contribution in [0.15, 0.2) is 35.1 Å². The van der Waals surface area contributed by atoms with Crippen molar-refractivity contribution in [1.82, 2.24) is 9.78 Å². The minimum Gasteiger partial charge on any atom is -0.366 e. The van der Waals surface area contributed by atoms with Gasteiger partial charge in [-0.2, -0.15) is 10.4 Å². The molecule has 17 heavy (non-hydrogen) atoms. The maximum Gasteiger partial charge on any atom is 0.251 e. The van der Waals surface area contributed by atoms with Crippen LogP contribution in [0.1, 0.15) is 15.9 Å². The minimum atomic E-state index is -0.535. The highest BCUT2D eigenvalue weighted by Crippen LogP contribution is 2.18. The van der Waals surface area contributed by atoms with E-state index in [2.05, 4.69) is 21.0 Å². The lowest BCUT2D eigenvalue weighted by atomic mass is 10.2. The largest absolute Gasteiger partial charge is 0.366 e. The highest BCUT2D eigenvalue weighted by molar-refractivity contribution is 9.10. The number of nitrogens with two attached hydrogens (primary N) is 1. The Labute approximate surface area is 106 Å². The monoisotopic (exact) mass is 290 g/mol. The SMILES string of the molecule is N#Cc1cc(Br)cc(-n2cc(C(N)=O)cn2)c1. The summed E-state index contributed by atoms with van der Waals surface area (Å²) in [4.78, 5) is 10.9. The zero-order chi connectivity index (χ0) is 12.4. The van der Waals surface area contributed by atoms with Gasteiger partial charge in [0.15, 0.2) is 0 Å². The number of benzene rings is 1. The van der Waals surface area contributed by atoms with Crippen LogP contribution in [0.3, 0.4) is 0 Å². The van der Waals surface area contributed by atoms with Gasteiger partial charge in [0.25, 0.3) is 5.91 Å². The van der Waals surface area contributed by atoms with Crippen LogP contribution in [-0.4, -0.2) is 15.7 Å². The van der Waals surface area contributed by atoms with Gasteiger partial charge < -0.3 is 5.73 Å². The molecule has 1 heterocycles. The molecule has 0 aliphatic heterocycles. The van der Waals surface area contributed by atoms with E-state index in [1.807, 2.05) is 6.07 Å². The van der Waals surface area contributed by atoms with Gasteiger partial charge in [0, 0.05) is 10.7 Å². The summed E-state index contributed by atoms with van der Waals surface area (Å²) < 4.78 is 2.26. The van der Waals surface area contributed by atoms with Crippen molar-refractivity contribution < 1.29 is 4.79 Å². The number of nitrogens with zero attached hydrogens (tertiary/aromatic N) is 3. The lowest BCUT2D eigenvalue weighted by molar-refractivity contribution is 0.100. The van der Waals surface area contributed by atoms with Gasteiger partial charge in [0.2, 0.25) is 0 Å². The molecular weight excluding hydrogens is 284 g/mol. The number of carbonyl (C=O) groups is 1. The van der Waals surface area contributed by atoms with E-state index < -0.39 is 5.91 Å². The highest BCUT2D eigenvalue weighted by Gasteiger charge is 2.06. The van der Waals surface area contributed by atoms with E-state index in [0.717, 1.165) is 4.47 Å². The fraction of sp³-hybridized carbons (Fsp3) is 0. The number of hydrogen-bond donors (Lipinski definition) is 1. The quantitative estimate of drug-likeness (QED) is 0.912. The number of rotatable bonds is 2. The summed E-state index contributed by atoms with van der Waals surface area (Å²) in [7, 11) is 0. The molecule has 0 aliphatic rings. The zero-order valence-corrected chi connectivity index (χ0v) is 10.2. The van der Waals surface area contributed by atoms with Gasteiger partial charge in [-0.25, -0.2) is 4.68 Å². The van der Waals surface area contributed by atoms with Gasteiger partial charge >= 0.3 is 0 Å². The molecule has 0 bridgehead atoms. The molecule has 0 fully saturated rings. The van der Waals surface area contributed by atoms with Crippen molar-refractivity contribution in [2.45, 2.75) is 0 Å². The molecule has 6 heteroatoms. The smallest absolute Gasteiger partial charge is 0.251 e.